The molecule has 1 fully saturated rings. The van der Waals surface area contributed by atoms with E-state index in [0.717, 1.165) is 24.5 Å². The fourth-order valence-electron chi connectivity index (χ4n) is 2.42. The second kappa shape index (κ2) is 3.91. The SMILES string of the molecule is O=S1(=O)CCC(Nc2ccc3c(c2)CCO3)C1. The second-order valence-electron chi connectivity index (χ2n) is 4.67. The fraction of sp³-hybridized carbons (Fsp3) is 0.500. The first-order chi connectivity index (χ1) is 8.12. The van der Waals surface area contributed by atoms with E-state index in [1.54, 1.807) is 0 Å². The van der Waals surface area contributed by atoms with Crippen molar-refractivity contribution >= 4 is 15.5 Å². The lowest BCUT2D eigenvalue weighted by Gasteiger charge is -2.13. The number of rotatable bonds is 2. The lowest BCUT2D eigenvalue weighted by molar-refractivity contribution is 0.357. The van der Waals surface area contributed by atoms with Gasteiger partial charge in [-0.3, -0.25) is 0 Å². The molecule has 0 radical (unpaired) electrons. The molecular weight excluding hydrogens is 238 g/mol. The van der Waals surface area contributed by atoms with Gasteiger partial charge >= 0.3 is 0 Å². The maximum atomic E-state index is 11.4. The van der Waals surface area contributed by atoms with E-state index >= 15 is 0 Å². The molecular formula is C12H15NO3S. The highest BCUT2D eigenvalue weighted by Gasteiger charge is 2.27. The van der Waals surface area contributed by atoms with Crippen LogP contribution in [0.5, 0.6) is 5.75 Å². The van der Waals surface area contributed by atoms with Gasteiger partial charge in [0.15, 0.2) is 9.84 Å². The van der Waals surface area contributed by atoms with Crippen molar-refractivity contribution in [2.24, 2.45) is 0 Å². The van der Waals surface area contributed by atoms with Gasteiger partial charge in [-0.2, -0.15) is 0 Å². The van der Waals surface area contributed by atoms with Crippen molar-refractivity contribution in [3.05, 3.63) is 23.8 Å². The van der Waals surface area contributed by atoms with Gasteiger partial charge < -0.3 is 10.1 Å². The summed E-state index contributed by atoms with van der Waals surface area (Å²) in [5.74, 6) is 1.51. The first kappa shape index (κ1) is 10.9. The molecule has 3 rings (SSSR count). The van der Waals surface area contributed by atoms with Crippen LogP contribution < -0.4 is 10.1 Å². The van der Waals surface area contributed by atoms with Gasteiger partial charge in [-0.15, -0.1) is 0 Å². The Balaban J connectivity index is 1.74. The summed E-state index contributed by atoms with van der Waals surface area (Å²) in [5, 5.41) is 3.29. The van der Waals surface area contributed by atoms with Crippen LogP contribution in [0.3, 0.4) is 0 Å². The van der Waals surface area contributed by atoms with E-state index in [2.05, 4.69) is 11.4 Å². The van der Waals surface area contributed by atoms with Gasteiger partial charge in [-0.1, -0.05) is 0 Å². The first-order valence-electron chi connectivity index (χ1n) is 5.85. The van der Waals surface area contributed by atoms with Crippen LogP contribution in [0.4, 0.5) is 5.69 Å². The fourth-order valence-corrected chi connectivity index (χ4v) is 4.09. The zero-order valence-electron chi connectivity index (χ0n) is 9.48. The highest BCUT2D eigenvalue weighted by molar-refractivity contribution is 7.91. The van der Waals surface area contributed by atoms with Crippen LogP contribution in [0.1, 0.15) is 12.0 Å². The Morgan fingerprint density at radius 2 is 2.24 bits per heavy atom. The third kappa shape index (κ3) is 2.24. The molecule has 2 aliphatic heterocycles. The highest BCUT2D eigenvalue weighted by Crippen LogP contribution is 2.28. The monoisotopic (exact) mass is 253 g/mol. The number of sulfone groups is 1. The summed E-state index contributed by atoms with van der Waals surface area (Å²) in [6, 6.07) is 6.02. The van der Waals surface area contributed by atoms with E-state index in [-0.39, 0.29) is 11.8 Å². The van der Waals surface area contributed by atoms with Gasteiger partial charge in [-0.05, 0) is 30.2 Å². The summed E-state index contributed by atoms with van der Waals surface area (Å²) in [4.78, 5) is 0. The Hall–Kier alpha value is -1.23. The number of hydrogen-bond acceptors (Lipinski definition) is 4. The molecule has 1 N–H and O–H groups in total. The number of fused-ring (bicyclic) bond motifs is 1. The van der Waals surface area contributed by atoms with Crippen LogP contribution in [0.2, 0.25) is 0 Å². The predicted molar refractivity (Wildman–Crippen MR) is 66.3 cm³/mol. The summed E-state index contributed by atoms with van der Waals surface area (Å²) in [7, 11) is -2.81. The number of benzene rings is 1. The van der Waals surface area contributed by atoms with Gasteiger partial charge in [-0.25, -0.2) is 8.42 Å². The van der Waals surface area contributed by atoms with Gasteiger partial charge in [0.05, 0.1) is 18.1 Å². The molecule has 1 atom stereocenters. The Kier molecular flexibility index (Phi) is 2.50. The van der Waals surface area contributed by atoms with Crippen LogP contribution in [0.15, 0.2) is 18.2 Å². The zero-order valence-corrected chi connectivity index (χ0v) is 10.3. The van der Waals surface area contributed by atoms with E-state index in [4.69, 9.17) is 4.74 Å². The van der Waals surface area contributed by atoms with E-state index < -0.39 is 9.84 Å². The highest BCUT2D eigenvalue weighted by atomic mass is 32.2. The molecule has 17 heavy (non-hydrogen) atoms. The molecule has 5 heteroatoms. The lowest BCUT2D eigenvalue weighted by Crippen LogP contribution is -2.20. The molecule has 1 unspecified atom stereocenters. The van der Waals surface area contributed by atoms with E-state index in [1.807, 2.05) is 12.1 Å². The van der Waals surface area contributed by atoms with Crippen LogP contribution in [-0.4, -0.2) is 32.6 Å². The smallest absolute Gasteiger partial charge is 0.152 e. The molecule has 0 saturated carbocycles. The third-order valence-corrected chi connectivity index (χ3v) is 5.06. The average Bonchev–Trinajstić information content (AvgIpc) is 2.84. The number of hydrogen-bond donors (Lipinski definition) is 1. The van der Waals surface area contributed by atoms with Crippen LogP contribution in [-0.2, 0) is 16.3 Å². The molecule has 0 bridgehead atoms. The van der Waals surface area contributed by atoms with Crippen molar-refractivity contribution in [1.82, 2.24) is 0 Å². The topological polar surface area (TPSA) is 55.4 Å². The van der Waals surface area contributed by atoms with Gasteiger partial charge in [0, 0.05) is 18.2 Å². The minimum atomic E-state index is -2.81. The lowest BCUT2D eigenvalue weighted by atomic mass is 10.1. The summed E-state index contributed by atoms with van der Waals surface area (Å²) in [5.41, 5.74) is 2.20. The number of ether oxygens (including phenoxy) is 1. The molecule has 1 saturated heterocycles. The van der Waals surface area contributed by atoms with E-state index in [1.165, 1.54) is 5.56 Å². The normalized spacial score (nSPS) is 25.3. The van der Waals surface area contributed by atoms with Crippen molar-refractivity contribution in [1.29, 1.82) is 0 Å². The number of anilines is 1. The largest absolute Gasteiger partial charge is 0.493 e. The quantitative estimate of drug-likeness (QED) is 0.861. The van der Waals surface area contributed by atoms with E-state index in [9.17, 15) is 8.42 Å². The van der Waals surface area contributed by atoms with E-state index in [0.29, 0.717) is 12.2 Å². The maximum absolute atomic E-state index is 11.4. The van der Waals surface area contributed by atoms with Crippen molar-refractivity contribution in [2.45, 2.75) is 18.9 Å². The minimum absolute atomic E-state index is 0.0559. The standard InChI is InChI=1S/C12H15NO3S/c14-17(15)6-4-11(8-17)13-10-1-2-12-9(7-10)3-5-16-12/h1-2,7,11,13H,3-6,8H2. The van der Waals surface area contributed by atoms with Gasteiger partial charge in [0.1, 0.15) is 5.75 Å². The van der Waals surface area contributed by atoms with Crippen molar-refractivity contribution < 1.29 is 13.2 Å². The molecule has 2 aliphatic rings. The molecule has 4 nitrogen and oxygen atoms in total. The van der Waals surface area contributed by atoms with Crippen molar-refractivity contribution in [3.63, 3.8) is 0 Å². The zero-order chi connectivity index (χ0) is 11.9. The molecule has 0 aliphatic carbocycles. The Bertz CT molecular complexity index is 539. The molecule has 0 aromatic heterocycles. The Morgan fingerprint density at radius 3 is 3.00 bits per heavy atom. The third-order valence-electron chi connectivity index (χ3n) is 3.29. The van der Waals surface area contributed by atoms with Gasteiger partial charge in [0.25, 0.3) is 0 Å². The summed E-state index contributed by atoms with van der Waals surface area (Å²) in [6.45, 7) is 0.747. The Labute approximate surface area is 101 Å². The molecule has 0 spiro atoms. The van der Waals surface area contributed by atoms with Crippen LogP contribution in [0, 0.1) is 0 Å². The summed E-state index contributed by atoms with van der Waals surface area (Å²) >= 11 is 0. The van der Waals surface area contributed by atoms with Crippen molar-refractivity contribution in [3.8, 4) is 5.75 Å². The predicted octanol–water partition coefficient (Wildman–Crippen LogP) is 1.22. The number of nitrogens with one attached hydrogen (secondary N) is 1. The summed E-state index contributed by atoms with van der Waals surface area (Å²) < 4.78 is 28.1. The van der Waals surface area contributed by atoms with Crippen LogP contribution in [0.25, 0.3) is 0 Å². The maximum Gasteiger partial charge on any atom is 0.152 e. The summed E-state index contributed by atoms with van der Waals surface area (Å²) in [6.07, 6.45) is 1.64. The van der Waals surface area contributed by atoms with Crippen LogP contribution >= 0.6 is 0 Å². The molecule has 1 aromatic rings. The van der Waals surface area contributed by atoms with Gasteiger partial charge in [0.2, 0.25) is 0 Å². The average molecular weight is 253 g/mol. The molecule has 1 aromatic carbocycles. The Morgan fingerprint density at radius 1 is 1.35 bits per heavy atom. The molecule has 0 amide bonds. The molecule has 2 heterocycles. The van der Waals surface area contributed by atoms with Crippen molar-refractivity contribution in [2.75, 3.05) is 23.4 Å². The second-order valence-corrected chi connectivity index (χ2v) is 6.89. The minimum Gasteiger partial charge on any atom is -0.493 e. The molecule has 92 valence electrons. The first-order valence-corrected chi connectivity index (χ1v) is 7.67.